The molecule has 6 heteroatoms. The Morgan fingerprint density at radius 2 is 1.73 bits per heavy atom. The summed E-state index contributed by atoms with van der Waals surface area (Å²) in [5.74, 6) is 0.754. The number of aryl methyl sites for hydroxylation is 2. The van der Waals surface area contributed by atoms with Crippen molar-refractivity contribution < 1.29 is 9.15 Å². The molecule has 3 aromatic rings. The van der Waals surface area contributed by atoms with Crippen molar-refractivity contribution in [2.45, 2.75) is 20.5 Å². The minimum atomic E-state index is 0.279. The Morgan fingerprint density at radius 1 is 0.955 bits per heavy atom. The molecule has 0 radical (unpaired) electrons. The van der Waals surface area contributed by atoms with Gasteiger partial charge in [-0.25, -0.2) is 0 Å². The van der Waals surface area contributed by atoms with Gasteiger partial charge in [-0.2, -0.15) is 0 Å². The summed E-state index contributed by atoms with van der Waals surface area (Å²) < 4.78 is 10.4. The molecule has 0 aliphatic rings. The molecule has 2 aromatic heterocycles. The first-order valence-corrected chi connectivity index (χ1v) is 6.90. The van der Waals surface area contributed by atoms with Gasteiger partial charge in [0, 0.05) is 12.7 Å². The molecule has 0 atom stereocenters. The van der Waals surface area contributed by atoms with Gasteiger partial charge in [-0.3, -0.25) is 0 Å². The number of rotatable bonds is 4. The Bertz CT molecular complexity index is 781. The molecular weight excluding hydrogens is 280 g/mol. The summed E-state index contributed by atoms with van der Waals surface area (Å²) in [5.41, 5.74) is 4.82. The fourth-order valence-corrected chi connectivity index (χ4v) is 2.23. The van der Waals surface area contributed by atoms with E-state index < -0.39 is 0 Å². The van der Waals surface area contributed by atoms with E-state index in [-0.39, 0.29) is 6.61 Å². The Morgan fingerprint density at radius 3 is 2.41 bits per heavy atom. The van der Waals surface area contributed by atoms with Crippen LogP contribution in [0.3, 0.4) is 0 Å². The lowest BCUT2D eigenvalue weighted by atomic mass is 10.0. The lowest BCUT2D eigenvalue weighted by molar-refractivity contribution is 0.160. The van der Waals surface area contributed by atoms with E-state index in [1.807, 2.05) is 12.1 Å². The number of ether oxygens (including phenoxy) is 1. The number of aromatic nitrogens is 4. The highest BCUT2D eigenvalue weighted by Gasteiger charge is 2.11. The molecule has 0 N–H and O–H groups in total. The van der Waals surface area contributed by atoms with Crippen LogP contribution in [0.4, 0.5) is 0 Å². The summed E-state index contributed by atoms with van der Waals surface area (Å²) in [6, 6.07) is 9.97. The SMILES string of the molecule is COCc1nnc(-c2ccc(-c3ccc(C)cc3C)nn2)o1. The number of benzene rings is 1. The summed E-state index contributed by atoms with van der Waals surface area (Å²) in [6.45, 7) is 4.41. The standard InChI is InChI=1S/C16H16N4O2/c1-10-4-5-12(11(2)8-10)13-6-7-14(18-17-13)16-20-19-15(22-16)9-21-3/h4-8H,9H2,1-3H3. The Kier molecular flexibility index (Phi) is 3.93. The van der Waals surface area contributed by atoms with Crippen LogP contribution >= 0.6 is 0 Å². The summed E-state index contributed by atoms with van der Waals surface area (Å²) in [6.07, 6.45) is 0. The normalized spacial score (nSPS) is 10.9. The quantitative estimate of drug-likeness (QED) is 0.737. The Balaban J connectivity index is 1.88. The lowest BCUT2D eigenvalue weighted by Crippen LogP contribution is -1.93. The van der Waals surface area contributed by atoms with E-state index in [1.165, 1.54) is 11.1 Å². The monoisotopic (exact) mass is 296 g/mol. The van der Waals surface area contributed by atoms with Crippen LogP contribution in [0.15, 0.2) is 34.7 Å². The van der Waals surface area contributed by atoms with Gasteiger partial charge < -0.3 is 9.15 Å². The van der Waals surface area contributed by atoms with E-state index in [9.17, 15) is 0 Å². The minimum absolute atomic E-state index is 0.279. The summed E-state index contributed by atoms with van der Waals surface area (Å²) >= 11 is 0. The maximum absolute atomic E-state index is 5.45. The summed E-state index contributed by atoms with van der Waals surface area (Å²) in [5, 5.41) is 16.3. The molecular formula is C16H16N4O2. The van der Waals surface area contributed by atoms with Crippen LogP contribution in [0, 0.1) is 13.8 Å². The van der Waals surface area contributed by atoms with E-state index >= 15 is 0 Å². The molecule has 6 nitrogen and oxygen atoms in total. The first-order valence-electron chi connectivity index (χ1n) is 6.90. The largest absolute Gasteiger partial charge is 0.417 e. The second kappa shape index (κ2) is 6.03. The smallest absolute Gasteiger partial charge is 0.268 e. The third-order valence-corrected chi connectivity index (χ3v) is 3.28. The fraction of sp³-hybridized carbons (Fsp3) is 0.250. The topological polar surface area (TPSA) is 73.9 Å². The number of nitrogens with zero attached hydrogens (tertiary/aromatic N) is 4. The van der Waals surface area contributed by atoms with Crippen molar-refractivity contribution in [1.29, 1.82) is 0 Å². The molecule has 0 aliphatic heterocycles. The van der Waals surface area contributed by atoms with E-state index in [2.05, 4.69) is 52.4 Å². The first kappa shape index (κ1) is 14.3. The van der Waals surface area contributed by atoms with Crippen molar-refractivity contribution >= 4 is 0 Å². The number of hydrogen-bond donors (Lipinski definition) is 0. The van der Waals surface area contributed by atoms with Crippen molar-refractivity contribution in [3.63, 3.8) is 0 Å². The fourth-order valence-electron chi connectivity index (χ4n) is 2.23. The molecule has 0 saturated heterocycles. The second-order valence-electron chi connectivity index (χ2n) is 5.06. The minimum Gasteiger partial charge on any atom is -0.417 e. The van der Waals surface area contributed by atoms with Crippen molar-refractivity contribution in [1.82, 2.24) is 20.4 Å². The van der Waals surface area contributed by atoms with Crippen LogP contribution in [-0.4, -0.2) is 27.5 Å². The van der Waals surface area contributed by atoms with Crippen LogP contribution in [0.25, 0.3) is 22.8 Å². The molecule has 0 saturated carbocycles. The van der Waals surface area contributed by atoms with Crippen molar-refractivity contribution in [3.05, 3.63) is 47.3 Å². The van der Waals surface area contributed by atoms with E-state index in [0.717, 1.165) is 11.3 Å². The van der Waals surface area contributed by atoms with Gasteiger partial charge in [-0.1, -0.05) is 23.8 Å². The second-order valence-corrected chi connectivity index (χ2v) is 5.06. The molecule has 0 unspecified atom stereocenters. The highest BCUT2D eigenvalue weighted by atomic mass is 16.5. The molecule has 3 rings (SSSR count). The van der Waals surface area contributed by atoms with E-state index in [4.69, 9.17) is 9.15 Å². The third kappa shape index (κ3) is 2.87. The Labute approximate surface area is 128 Å². The predicted octanol–water partition coefficient (Wildman–Crippen LogP) is 2.96. The molecule has 0 bridgehead atoms. The van der Waals surface area contributed by atoms with Crippen molar-refractivity contribution in [2.24, 2.45) is 0 Å². The average molecular weight is 296 g/mol. The van der Waals surface area contributed by atoms with E-state index in [0.29, 0.717) is 17.5 Å². The van der Waals surface area contributed by atoms with Gasteiger partial charge in [0.2, 0.25) is 5.89 Å². The molecule has 2 heterocycles. The predicted molar refractivity (Wildman–Crippen MR) is 80.9 cm³/mol. The van der Waals surface area contributed by atoms with Gasteiger partial charge in [-0.05, 0) is 31.5 Å². The van der Waals surface area contributed by atoms with Gasteiger partial charge in [0.1, 0.15) is 12.3 Å². The van der Waals surface area contributed by atoms with Gasteiger partial charge in [-0.15, -0.1) is 20.4 Å². The lowest BCUT2D eigenvalue weighted by Gasteiger charge is -2.05. The van der Waals surface area contributed by atoms with Crippen LogP contribution < -0.4 is 0 Å². The van der Waals surface area contributed by atoms with Crippen LogP contribution in [-0.2, 0) is 11.3 Å². The molecule has 0 amide bonds. The van der Waals surface area contributed by atoms with Gasteiger partial charge in [0.15, 0.2) is 0 Å². The average Bonchev–Trinajstić information content (AvgIpc) is 2.97. The van der Waals surface area contributed by atoms with Crippen LogP contribution in [0.2, 0.25) is 0 Å². The van der Waals surface area contributed by atoms with Crippen molar-refractivity contribution in [3.8, 4) is 22.8 Å². The van der Waals surface area contributed by atoms with E-state index in [1.54, 1.807) is 7.11 Å². The Hall–Kier alpha value is -2.60. The third-order valence-electron chi connectivity index (χ3n) is 3.28. The molecule has 0 fully saturated rings. The zero-order valence-corrected chi connectivity index (χ0v) is 12.7. The molecule has 1 aromatic carbocycles. The van der Waals surface area contributed by atoms with Crippen LogP contribution in [0.5, 0.6) is 0 Å². The molecule has 0 spiro atoms. The first-order chi connectivity index (χ1) is 10.7. The zero-order valence-electron chi connectivity index (χ0n) is 12.7. The van der Waals surface area contributed by atoms with Crippen molar-refractivity contribution in [2.75, 3.05) is 7.11 Å². The van der Waals surface area contributed by atoms with Gasteiger partial charge in [0.05, 0.1) is 5.69 Å². The van der Waals surface area contributed by atoms with Crippen LogP contribution in [0.1, 0.15) is 17.0 Å². The highest BCUT2D eigenvalue weighted by molar-refractivity contribution is 5.64. The molecule has 112 valence electrons. The number of methoxy groups -OCH3 is 1. The van der Waals surface area contributed by atoms with Gasteiger partial charge >= 0.3 is 0 Å². The zero-order chi connectivity index (χ0) is 15.5. The maximum atomic E-state index is 5.45. The highest BCUT2D eigenvalue weighted by Crippen LogP contribution is 2.23. The molecule has 22 heavy (non-hydrogen) atoms. The van der Waals surface area contributed by atoms with Gasteiger partial charge in [0.25, 0.3) is 5.89 Å². The molecule has 0 aliphatic carbocycles. The number of hydrogen-bond acceptors (Lipinski definition) is 6. The maximum Gasteiger partial charge on any atom is 0.268 e. The summed E-state index contributed by atoms with van der Waals surface area (Å²) in [4.78, 5) is 0. The summed E-state index contributed by atoms with van der Waals surface area (Å²) in [7, 11) is 1.57.